The number of hydrogen-bond acceptors (Lipinski definition) is 4. The van der Waals surface area contributed by atoms with Crippen LogP contribution in [0.25, 0.3) is 5.69 Å². The summed E-state index contributed by atoms with van der Waals surface area (Å²) in [5, 5.41) is 7.91. The van der Waals surface area contributed by atoms with Gasteiger partial charge in [0.1, 0.15) is 11.6 Å². The van der Waals surface area contributed by atoms with E-state index in [2.05, 4.69) is 37.4 Å². The number of amides is 1. The van der Waals surface area contributed by atoms with Crippen LogP contribution in [0, 0.1) is 20.8 Å². The van der Waals surface area contributed by atoms with E-state index in [0.717, 1.165) is 28.5 Å². The smallest absolute Gasteiger partial charge is 0.235 e. The second kappa shape index (κ2) is 7.36. The van der Waals surface area contributed by atoms with Gasteiger partial charge in [0.15, 0.2) is 0 Å². The minimum absolute atomic E-state index is 0.00582. The Balaban J connectivity index is 1.88. The first kappa shape index (κ1) is 18.6. The van der Waals surface area contributed by atoms with Gasteiger partial charge in [-0.25, -0.2) is 4.68 Å². The number of nitrogens with zero attached hydrogens (tertiary/aromatic N) is 2. The predicted molar refractivity (Wildman–Crippen MR) is 114 cm³/mol. The maximum absolute atomic E-state index is 12.5. The maximum atomic E-state index is 12.5. The lowest BCUT2D eigenvalue weighted by molar-refractivity contribution is -0.113. The van der Waals surface area contributed by atoms with Crippen LogP contribution in [0.3, 0.4) is 0 Å². The molecular weight excluding hydrogens is 370 g/mol. The molecule has 3 aromatic rings. The zero-order valence-corrected chi connectivity index (χ0v) is 17.3. The van der Waals surface area contributed by atoms with Crippen molar-refractivity contribution < 1.29 is 9.53 Å². The van der Waals surface area contributed by atoms with Crippen LogP contribution in [-0.4, -0.2) is 28.6 Å². The van der Waals surface area contributed by atoms with Crippen LogP contribution in [0.1, 0.15) is 33.2 Å². The number of carbonyl (C=O) groups excluding carboxylic acids is 1. The van der Waals surface area contributed by atoms with Crippen molar-refractivity contribution >= 4 is 23.5 Å². The molecule has 2 heterocycles. The van der Waals surface area contributed by atoms with Gasteiger partial charge < -0.3 is 10.1 Å². The number of thioether (sulfide) groups is 1. The Morgan fingerprint density at radius 3 is 2.61 bits per heavy atom. The number of fused-ring (bicyclic) bond motifs is 1. The maximum Gasteiger partial charge on any atom is 0.235 e. The van der Waals surface area contributed by atoms with Crippen molar-refractivity contribution in [3.05, 3.63) is 70.4 Å². The van der Waals surface area contributed by atoms with Gasteiger partial charge in [-0.15, -0.1) is 11.8 Å². The lowest BCUT2D eigenvalue weighted by Gasteiger charge is -2.18. The Labute approximate surface area is 169 Å². The standard InChI is InChI=1S/C22H23N3O2S/c1-13-5-6-14(2)18(11-13)21-20-15(3)24-25(22(20)23-19(26)12-28-21)16-7-9-17(27-4)10-8-16/h5-11,21H,12H2,1-4H3,(H,23,26)/t21-/m1/s1. The number of rotatable bonds is 3. The van der Waals surface area contributed by atoms with Crippen molar-refractivity contribution in [1.82, 2.24) is 9.78 Å². The molecule has 5 nitrogen and oxygen atoms in total. The number of ether oxygens (including phenoxy) is 1. The molecule has 0 spiro atoms. The summed E-state index contributed by atoms with van der Waals surface area (Å²) >= 11 is 1.65. The summed E-state index contributed by atoms with van der Waals surface area (Å²) < 4.78 is 7.08. The fraction of sp³-hybridized carbons (Fsp3) is 0.273. The third kappa shape index (κ3) is 3.29. The van der Waals surface area contributed by atoms with Crippen molar-refractivity contribution in [2.75, 3.05) is 18.2 Å². The van der Waals surface area contributed by atoms with Gasteiger partial charge >= 0.3 is 0 Å². The number of nitrogens with one attached hydrogen (secondary N) is 1. The highest BCUT2D eigenvalue weighted by Gasteiger charge is 2.31. The third-order valence-electron chi connectivity index (χ3n) is 5.04. The Bertz CT molecular complexity index is 1040. The molecule has 0 bridgehead atoms. The monoisotopic (exact) mass is 393 g/mol. The van der Waals surface area contributed by atoms with Crippen LogP contribution in [0.4, 0.5) is 5.82 Å². The van der Waals surface area contributed by atoms with Crippen LogP contribution in [0.15, 0.2) is 42.5 Å². The van der Waals surface area contributed by atoms with Crippen molar-refractivity contribution in [2.45, 2.75) is 26.0 Å². The average Bonchev–Trinajstić information content (AvgIpc) is 2.90. The normalized spacial score (nSPS) is 16.3. The number of anilines is 1. The van der Waals surface area contributed by atoms with Gasteiger partial charge in [-0.1, -0.05) is 23.8 Å². The molecule has 144 valence electrons. The number of aryl methyl sites for hydroxylation is 3. The lowest BCUT2D eigenvalue weighted by atomic mass is 9.98. The molecule has 0 radical (unpaired) electrons. The summed E-state index contributed by atoms with van der Waals surface area (Å²) in [6, 6.07) is 14.2. The van der Waals surface area contributed by atoms with E-state index >= 15 is 0 Å². The van der Waals surface area contributed by atoms with E-state index in [9.17, 15) is 4.79 Å². The van der Waals surface area contributed by atoms with E-state index in [4.69, 9.17) is 9.84 Å². The first-order chi connectivity index (χ1) is 13.5. The number of aromatic nitrogens is 2. The molecule has 0 aliphatic carbocycles. The van der Waals surface area contributed by atoms with Crippen molar-refractivity contribution in [3.63, 3.8) is 0 Å². The molecule has 28 heavy (non-hydrogen) atoms. The summed E-state index contributed by atoms with van der Waals surface area (Å²) in [5.41, 5.74) is 6.55. The van der Waals surface area contributed by atoms with Crippen LogP contribution in [0.5, 0.6) is 5.75 Å². The Kier molecular flexibility index (Phi) is 4.89. The molecule has 0 unspecified atom stereocenters. The number of methoxy groups -OCH3 is 1. The van der Waals surface area contributed by atoms with Crippen LogP contribution in [0.2, 0.25) is 0 Å². The van der Waals surface area contributed by atoms with Gasteiger partial charge in [0, 0.05) is 5.56 Å². The first-order valence-electron chi connectivity index (χ1n) is 9.20. The average molecular weight is 394 g/mol. The topological polar surface area (TPSA) is 56.1 Å². The summed E-state index contributed by atoms with van der Waals surface area (Å²) in [6.07, 6.45) is 0. The highest BCUT2D eigenvalue weighted by Crippen LogP contribution is 2.45. The summed E-state index contributed by atoms with van der Waals surface area (Å²) in [5.74, 6) is 1.94. The van der Waals surface area contributed by atoms with Crippen molar-refractivity contribution in [2.24, 2.45) is 0 Å². The van der Waals surface area contributed by atoms with Gasteiger partial charge in [0.25, 0.3) is 0 Å². The molecule has 6 heteroatoms. The van der Waals surface area contributed by atoms with Gasteiger partial charge in [-0.3, -0.25) is 4.79 Å². The molecule has 1 aliphatic heterocycles. The highest BCUT2D eigenvalue weighted by atomic mass is 32.2. The number of carbonyl (C=O) groups is 1. The fourth-order valence-corrected chi connectivity index (χ4v) is 4.85. The van der Waals surface area contributed by atoms with Gasteiger partial charge in [0.05, 0.1) is 29.5 Å². The van der Waals surface area contributed by atoms with Gasteiger partial charge in [0.2, 0.25) is 5.91 Å². The number of hydrogen-bond donors (Lipinski definition) is 1. The van der Waals surface area contributed by atoms with Gasteiger partial charge in [-0.2, -0.15) is 5.10 Å². The molecule has 2 aromatic carbocycles. The minimum atomic E-state index is -0.00582. The van der Waals surface area contributed by atoms with E-state index < -0.39 is 0 Å². The van der Waals surface area contributed by atoms with E-state index in [1.807, 2.05) is 35.9 Å². The van der Waals surface area contributed by atoms with E-state index in [0.29, 0.717) is 5.75 Å². The van der Waals surface area contributed by atoms with E-state index in [-0.39, 0.29) is 11.2 Å². The predicted octanol–water partition coefficient (Wildman–Crippen LogP) is 4.58. The largest absolute Gasteiger partial charge is 0.497 e. The molecule has 1 atom stereocenters. The molecule has 1 N–H and O–H groups in total. The quantitative estimate of drug-likeness (QED) is 0.708. The van der Waals surface area contributed by atoms with Crippen LogP contribution >= 0.6 is 11.8 Å². The zero-order valence-electron chi connectivity index (χ0n) is 16.4. The summed E-state index contributed by atoms with van der Waals surface area (Å²) in [6.45, 7) is 6.23. The Hall–Kier alpha value is -2.73. The minimum Gasteiger partial charge on any atom is -0.497 e. The van der Waals surface area contributed by atoms with Crippen LogP contribution < -0.4 is 10.1 Å². The lowest BCUT2D eigenvalue weighted by Crippen LogP contribution is -2.15. The second-order valence-electron chi connectivity index (χ2n) is 7.06. The van der Waals surface area contributed by atoms with Crippen molar-refractivity contribution in [1.29, 1.82) is 0 Å². The molecule has 4 rings (SSSR count). The Morgan fingerprint density at radius 2 is 1.89 bits per heavy atom. The van der Waals surface area contributed by atoms with Crippen LogP contribution in [-0.2, 0) is 4.79 Å². The van der Waals surface area contributed by atoms with E-state index in [1.165, 1.54) is 16.7 Å². The van der Waals surface area contributed by atoms with Gasteiger partial charge in [-0.05, 0) is 56.2 Å². The van der Waals surface area contributed by atoms with E-state index in [1.54, 1.807) is 18.9 Å². The molecule has 0 saturated heterocycles. The molecule has 1 amide bonds. The summed E-state index contributed by atoms with van der Waals surface area (Å²) in [7, 11) is 1.64. The highest BCUT2D eigenvalue weighted by molar-refractivity contribution is 8.00. The summed E-state index contributed by atoms with van der Waals surface area (Å²) in [4.78, 5) is 12.5. The molecule has 0 fully saturated rings. The fourth-order valence-electron chi connectivity index (χ4n) is 3.58. The van der Waals surface area contributed by atoms with Crippen molar-refractivity contribution in [3.8, 4) is 11.4 Å². The first-order valence-corrected chi connectivity index (χ1v) is 10.3. The second-order valence-corrected chi connectivity index (χ2v) is 8.15. The zero-order chi connectivity index (χ0) is 19.8. The molecule has 0 saturated carbocycles. The number of benzene rings is 2. The molecule has 1 aliphatic rings. The third-order valence-corrected chi connectivity index (χ3v) is 6.29. The SMILES string of the molecule is COc1ccc(-n2nc(C)c3c2NC(=O)CS[C@@H]3c2cc(C)ccc2C)cc1. The molecular formula is C22H23N3O2S. The molecule has 1 aromatic heterocycles. The Morgan fingerprint density at radius 1 is 1.14 bits per heavy atom.